The fourth-order valence-corrected chi connectivity index (χ4v) is 1.96. The second-order valence-corrected chi connectivity index (χ2v) is 4.78. The molecule has 1 heterocycles. The molecule has 0 unspecified atom stereocenters. The topological polar surface area (TPSA) is 159 Å². The highest BCUT2D eigenvalue weighted by Gasteiger charge is 2.35. The molecule has 10 nitrogen and oxygen atoms in total. The van der Waals surface area contributed by atoms with Gasteiger partial charge in [0.25, 0.3) is 0 Å². The Morgan fingerprint density at radius 1 is 1.39 bits per heavy atom. The van der Waals surface area contributed by atoms with Crippen LogP contribution in [0.1, 0.15) is 12.8 Å². The number of nitrogens with zero attached hydrogens (tertiary/aromatic N) is 1. The summed E-state index contributed by atoms with van der Waals surface area (Å²) in [5, 5.41) is 8.89. The Kier molecular flexibility index (Phi) is 4.45. The average molecular weight is 283 g/mol. The van der Waals surface area contributed by atoms with E-state index in [1.807, 2.05) is 5.48 Å². The van der Waals surface area contributed by atoms with E-state index in [2.05, 4.69) is 4.28 Å². The van der Waals surface area contributed by atoms with Crippen molar-refractivity contribution in [3.63, 3.8) is 0 Å². The summed E-state index contributed by atoms with van der Waals surface area (Å²) in [6.45, 7) is -0.182. The lowest BCUT2D eigenvalue weighted by Gasteiger charge is -2.35. The van der Waals surface area contributed by atoms with Gasteiger partial charge in [-0.25, -0.2) is 4.79 Å². The SMILES string of the molecule is NC(=O)[C@@H]1CC[C@@H](NOS(=O)(=O)O)CN1C(=O)O. The number of nitrogens with two attached hydrogens (primary N) is 1. The van der Waals surface area contributed by atoms with Crippen LogP contribution in [0.25, 0.3) is 0 Å². The lowest BCUT2D eigenvalue weighted by Crippen LogP contribution is -2.56. The van der Waals surface area contributed by atoms with E-state index in [0.29, 0.717) is 0 Å². The van der Waals surface area contributed by atoms with E-state index in [0.717, 1.165) is 4.90 Å². The van der Waals surface area contributed by atoms with Crippen molar-refractivity contribution in [3.8, 4) is 0 Å². The number of carbonyl (C=O) groups excluding carboxylic acids is 1. The van der Waals surface area contributed by atoms with Gasteiger partial charge in [0.05, 0.1) is 6.04 Å². The third-order valence-electron chi connectivity index (χ3n) is 2.48. The molecule has 104 valence electrons. The van der Waals surface area contributed by atoms with Gasteiger partial charge in [-0.3, -0.25) is 14.2 Å². The number of likely N-dealkylation sites (tertiary alicyclic amines) is 1. The number of carbonyl (C=O) groups is 2. The number of rotatable bonds is 4. The molecular weight excluding hydrogens is 270 g/mol. The fourth-order valence-electron chi connectivity index (χ4n) is 1.70. The number of piperidine rings is 1. The molecule has 2 amide bonds. The molecule has 1 aliphatic heterocycles. The quantitative estimate of drug-likeness (QED) is 0.351. The first-order valence-electron chi connectivity index (χ1n) is 4.91. The number of primary amides is 1. The van der Waals surface area contributed by atoms with Crippen LogP contribution in [0.4, 0.5) is 4.79 Å². The first-order chi connectivity index (χ1) is 8.20. The van der Waals surface area contributed by atoms with Crippen LogP contribution in [-0.2, 0) is 19.5 Å². The van der Waals surface area contributed by atoms with Crippen LogP contribution in [0.3, 0.4) is 0 Å². The second-order valence-electron chi connectivity index (χ2n) is 3.76. The first kappa shape index (κ1) is 14.6. The maximum absolute atomic E-state index is 11.0. The molecule has 18 heavy (non-hydrogen) atoms. The van der Waals surface area contributed by atoms with Crippen LogP contribution in [-0.4, -0.2) is 53.6 Å². The lowest BCUT2D eigenvalue weighted by molar-refractivity contribution is -0.124. The molecular formula is C7H13N3O7S. The van der Waals surface area contributed by atoms with Gasteiger partial charge in [0.15, 0.2) is 0 Å². The maximum atomic E-state index is 11.0. The van der Waals surface area contributed by atoms with E-state index < -0.39 is 34.5 Å². The number of carboxylic acid groups (broad SMARTS) is 1. The Morgan fingerprint density at radius 2 is 2.00 bits per heavy atom. The Bertz CT molecular complexity index is 436. The van der Waals surface area contributed by atoms with E-state index in [9.17, 15) is 18.0 Å². The number of nitrogens with one attached hydrogen (secondary N) is 1. The largest absolute Gasteiger partial charge is 0.465 e. The third-order valence-corrected chi connectivity index (χ3v) is 2.78. The molecule has 0 bridgehead atoms. The van der Waals surface area contributed by atoms with Crippen LogP contribution in [0.5, 0.6) is 0 Å². The minimum absolute atomic E-state index is 0.133. The molecule has 0 radical (unpaired) electrons. The van der Waals surface area contributed by atoms with E-state index in [1.165, 1.54) is 0 Å². The van der Waals surface area contributed by atoms with Crippen molar-refractivity contribution in [1.29, 1.82) is 0 Å². The number of amides is 2. The molecule has 0 aromatic carbocycles. The van der Waals surface area contributed by atoms with Crippen molar-refractivity contribution in [2.75, 3.05) is 6.54 Å². The highest BCUT2D eigenvalue weighted by Crippen LogP contribution is 2.17. The van der Waals surface area contributed by atoms with Crippen LogP contribution in [0.15, 0.2) is 0 Å². The molecule has 1 fully saturated rings. The monoisotopic (exact) mass is 283 g/mol. The molecule has 0 saturated carbocycles. The van der Waals surface area contributed by atoms with Gasteiger partial charge in [0.1, 0.15) is 6.04 Å². The Labute approximate surface area is 103 Å². The summed E-state index contributed by atoms with van der Waals surface area (Å²) < 4.78 is 32.9. The van der Waals surface area contributed by atoms with E-state index in [4.69, 9.17) is 15.4 Å². The van der Waals surface area contributed by atoms with Crippen LogP contribution in [0, 0.1) is 0 Å². The zero-order chi connectivity index (χ0) is 13.9. The highest BCUT2D eigenvalue weighted by atomic mass is 32.3. The first-order valence-corrected chi connectivity index (χ1v) is 6.27. The Morgan fingerprint density at radius 3 is 2.44 bits per heavy atom. The summed E-state index contributed by atoms with van der Waals surface area (Å²) in [7, 11) is -4.66. The second kappa shape index (κ2) is 5.48. The molecule has 2 atom stereocenters. The third kappa shape index (κ3) is 4.10. The summed E-state index contributed by atoms with van der Waals surface area (Å²) in [6, 6.07) is -1.62. The lowest BCUT2D eigenvalue weighted by atomic mass is 9.99. The zero-order valence-corrected chi connectivity index (χ0v) is 9.96. The van der Waals surface area contributed by atoms with Gasteiger partial charge in [-0.15, -0.1) is 0 Å². The molecule has 1 rings (SSSR count). The Hall–Kier alpha value is -1.43. The number of hydroxylamine groups is 1. The van der Waals surface area contributed by atoms with Crippen molar-refractivity contribution in [2.24, 2.45) is 5.73 Å². The van der Waals surface area contributed by atoms with Crippen molar-refractivity contribution < 1.29 is 31.9 Å². The molecule has 0 aromatic heterocycles. The van der Waals surface area contributed by atoms with E-state index >= 15 is 0 Å². The molecule has 0 aliphatic carbocycles. The van der Waals surface area contributed by atoms with Gasteiger partial charge in [-0.05, 0) is 12.8 Å². The number of hydrogen-bond acceptors (Lipinski definition) is 6. The molecule has 5 N–H and O–H groups in total. The Balaban J connectivity index is 2.63. The molecule has 11 heteroatoms. The van der Waals surface area contributed by atoms with Crippen molar-refractivity contribution in [3.05, 3.63) is 0 Å². The smallest absolute Gasteiger partial charge is 0.413 e. The van der Waals surface area contributed by atoms with Crippen LogP contribution in [0.2, 0.25) is 0 Å². The minimum Gasteiger partial charge on any atom is -0.465 e. The van der Waals surface area contributed by atoms with Gasteiger partial charge < -0.3 is 10.8 Å². The molecule has 1 aliphatic rings. The summed E-state index contributed by atoms with van der Waals surface area (Å²) in [5.41, 5.74) is 7.06. The summed E-state index contributed by atoms with van der Waals surface area (Å²) >= 11 is 0. The summed E-state index contributed by atoms with van der Waals surface area (Å²) in [5.74, 6) is -0.772. The van der Waals surface area contributed by atoms with Crippen LogP contribution < -0.4 is 11.2 Å². The van der Waals surface area contributed by atoms with Gasteiger partial charge >= 0.3 is 16.5 Å². The standard InChI is InChI=1S/C7H13N3O7S/c8-6(11)5-2-1-4(3-10(5)7(12)13)9-17-18(14,15)16/h4-5,9H,1-3H2,(H2,8,11)(H,12,13)(H,14,15,16)/t4-,5+/m1/s1. The fraction of sp³-hybridized carbons (Fsp3) is 0.714. The highest BCUT2D eigenvalue weighted by molar-refractivity contribution is 7.80. The zero-order valence-electron chi connectivity index (χ0n) is 9.14. The van der Waals surface area contributed by atoms with Gasteiger partial charge in [0, 0.05) is 6.54 Å². The van der Waals surface area contributed by atoms with Crippen molar-refractivity contribution >= 4 is 22.4 Å². The predicted molar refractivity (Wildman–Crippen MR) is 56.5 cm³/mol. The van der Waals surface area contributed by atoms with E-state index in [-0.39, 0.29) is 19.4 Å². The molecule has 1 saturated heterocycles. The summed E-state index contributed by atoms with van der Waals surface area (Å²) in [6.07, 6.45) is -0.946. The molecule has 0 spiro atoms. The van der Waals surface area contributed by atoms with Gasteiger partial charge in [0.2, 0.25) is 5.91 Å². The van der Waals surface area contributed by atoms with Crippen molar-refractivity contribution in [2.45, 2.75) is 24.9 Å². The van der Waals surface area contributed by atoms with Crippen molar-refractivity contribution in [1.82, 2.24) is 10.4 Å². The average Bonchev–Trinajstić information content (AvgIpc) is 2.24. The molecule has 0 aromatic rings. The number of hydrogen-bond donors (Lipinski definition) is 4. The van der Waals surface area contributed by atoms with Gasteiger partial charge in [-0.2, -0.15) is 18.2 Å². The minimum atomic E-state index is -4.66. The van der Waals surface area contributed by atoms with Gasteiger partial charge in [-0.1, -0.05) is 0 Å². The van der Waals surface area contributed by atoms with E-state index in [1.54, 1.807) is 0 Å². The normalized spacial score (nSPS) is 24.8. The van der Waals surface area contributed by atoms with Crippen LogP contribution >= 0.6 is 0 Å². The maximum Gasteiger partial charge on any atom is 0.413 e. The summed E-state index contributed by atoms with van der Waals surface area (Å²) in [4.78, 5) is 22.7. The predicted octanol–water partition coefficient (Wildman–Crippen LogP) is -1.69.